The van der Waals surface area contributed by atoms with Crippen LogP contribution in [0.3, 0.4) is 0 Å². The lowest BCUT2D eigenvalue weighted by atomic mass is 10.3. The monoisotopic (exact) mass is 313 g/mol. The highest BCUT2D eigenvalue weighted by molar-refractivity contribution is 7.89. The number of benzene rings is 1. The van der Waals surface area contributed by atoms with E-state index in [1.54, 1.807) is 6.07 Å². The summed E-state index contributed by atoms with van der Waals surface area (Å²) < 4.78 is 32.5. The third kappa shape index (κ3) is 4.09. The standard InChI is InChI=1S/C14H23N3O3S/c1-11(10-17-7-3-4-8-17)16-21(18,19)14-6-5-12(20-2)9-13(14)15/h5-6,9,11,16H,3-4,7-8,10,15H2,1-2H3. The molecule has 1 heterocycles. The molecular formula is C14H23N3O3S. The molecule has 0 bridgehead atoms. The first-order valence-corrected chi connectivity index (χ1v) is 8.59. The quantitative estimate of drug-likeness (QED) is 0.767. The molecule has 0 spiro atoms. The molecule has 1 unspecified atom stereocenters. The van der Waals surface area contributed by atoms with Gasteiger partial charge >= 0.3 is 0 Å². The minimum atomic E-state index is -3.61. The highest BCUT2D eigenvalue weighted by Gasteiger charge is 2.22. The van der Waals surface area contributed by atoms with Gasteiger partial charge in [-0.25, -0.2) is 13.1 Å². The summed E-state index contributed by atoms with van der Waals surface area (Å²) in [5, 5.41) is 0. The Morgan fingerprint density at radius 3 is 2.62 bits per heavy atom. The molecule has 1 aliphatic rings. The number of nitrogens with two attached hydrogens (primary N) is 1. The number of hydrogen-bond acceptors (Lipinski definition) is 5. The van der Waals surface area contributed by atoms with Crippen LogP contribution in [-0.2, 0) is 10.0 Å². The zero-order valence-electron chi connectivity index (χ0n) is 12.5. The predicted octanol–water partition coefficient (Wildman–Crippen LogP) is 1.04. The molecule has 118 valence electrons. The van der Waals surface area contributed by atoms with Gasteiger partial charge in [0.05, 0.1) is 12.8 Å². The first-order chi connectivity index (χ1) is 9.92. The zero-order valence-corrected chi connectivity index (χ0v) is 13.3. The number of hydrogen-bond donors (Lipinski definition) is 2. The number of likely N-dealkylation sites (tertiary alicyclic amines) is 1. The van der Waals surface area contributed by atoms with E-state index in [-0.39, 0.29) is 16.6 Å². The molecule has 3 N–H and O–H groups in total. The van der Waals surface area contributed by atoms with Crippen LogP contribution in [0.1, 0.15) is 19.8 Å². The van der Waals surface area contributed by atoms with Crippen molar-refractivity contribution in [2.75, 3.05) is 32.5 Å². The maximum Gasteiger partial charge on any atom is 0.242 e. The average molecular weight is 313 g/mol. The maximum atomic E-state index is 12.4. The van der Waals surface area contributed by atoms with E-state index in [1.807, 2.05) is 6.92 Å². The summed E-state index contributed by atoms with van der Waals surface area (Å²) in [6.45, 7) is 4.67. The highest BCUT2D eigenvalue weighted by Crippen LogP contribution is 2.23. The Labute approximate surface area is 126 Å². The van der Waals surface area contributed by atoms with Crippen LogP contribution in [0.5, 0.6) is 5.75 Å². The predicted molar refractivity (Wildman–Crippen MR) is 82.9 cm³/mol. The largest absolute Gasteiger partial charge is 0.497 e. The Kier molecular flexibility index (Phi) is 5.08. The molecule has 0 aromatic heterocycles. The summed E-state index contributed by atoms with van der Waals surface area (Å²) in [4.78, 5) is 2.36. The summed E-state index contributed by atoms with van der Waals surface area (Å²) in [6, 6.07) is 4.42. The topological polar surface area (TPSA) is 84.7 Å². The van der Waals surface area contributed by atoms with Crippen LogP contribution < -0.4 is 15.2 Å². The third-order valence-electron chi connectivity index (χ3n) is 3.59. The van der Waals surface area contributed by atoms with Gasteiger partial charge in [-0.05, 0) is 45.0 Å². The van der Waals surface area contributed by atoms with Crippen LogP contribution in [0, 0.1) is 0 Å². The lowest BCUT2D eigenvalue weighted by molar-refractivity contribution is 0.313. The molecule has 6 nitrogen and oxygen atoms in total. The fourth-order valence-corrected chi connectivity index (χ4v) is 3.96. The van der Waals surface area contributed by atoms with E-state index >= 15 is 0 Å². The number of anilines is 1. The van der Waals surface area contributed by atoms with E-state index in [0.717, 1.165) is 19.6 Å². The summed E-state index contributed by atoms with van der Waals surface area (Å²) in [5.74, 6) is 0.538. The average Bonchev–Trinajstić information content (AvgIpc) is 2.90. The Hall–Kier alpha value is -1.31. The van der Waals surface area contributed by atoms with Crippen molar-refractivity contribution in [1.82, 2.24) is 9.62 Å². The van der Waals surface area contributed by atoms with Crippen molar-refractivity contribution in [3.05, 3.63) is 18.2 Å². The Balaban J connectivity index is 2.06. The van der Waals surface area contributed by atoms with Crippen LogP contribution in [0.2, 0.25) is 0 Å². The summed E-state index contributed by atoms with van der Waals surface area (Å²) >= 11 is 0. The van der Waals surface area contributed by atoms with Gasteiger partial charge in [0.25, 0.3) is 0 Å². The van der Waals surface area contributed by atoms with Crippen LogP contribution in [0.25, 0.3) is 0 Å². The maximum absolute atomic E-state index is 12.4. The van der Waals surface area contributed by atoms with Crippen molar-refractivity contribution in [1.29, 1.82) is 0 Å². The minimum absolute atomic E-state index is 0.0940. The zero-order chi connectivity index (χ0) is 15.5. The number of methoxy groups -OCH3 is 1. The van der Waals surface area contributed by atoms with Crippen molar-refractivity contribution >= 4 is 15.7 Å². The van der Waals surface area contributed by atoms with Crippen LogP contribution in [0.4, 0.5) is 5.69 Å². The van der Waals surface area contributed by atoms with E-state index < -0.39 is 10.0 Å². The smallest absolute Gasteiger partial charge is 0.242 e. The Morgan fingerprint density at radius 2 is 2.05 bits per heavy atom. The molecule has 1 aromatic rings. The lowest BCUT2D eigenvalue weighted by Crippen LogP contribution is -2.41. The number of nitrogens with one attached hydrogen (secondary N) is 1. The molecule has 21 heavy (non-hydrogen) atoms. The van der Waals surface area contributed by atoms with Gasteiger partial charge in [-0.1, -0.05) is 0 Å². The van der Waals surface area contributed by atoms with Gasteiger partial charge in [0, 0.05) is 18.7 Å². The highest BCUT2D eigenvalue weighted by atomic mass is 32.2. The van der Waals surface area contributed by atoms with Gasteiger partial charge < -0.3 is 15.4 Å². The second-order valence-electron chi connectivity index (χ2n) is 5.43. The molecule has 0 saturated carbocycles. The first kappa shape index (κ1) is 16.1. The number of sulfonamides is 1. The second kappa shape index (κ2) is 6.64. The van der Waals surface area contributed by atoms with E-state index in [4.69, 9.17) is 10.5 Å². The summed E-state index contributed by atoms with van der Waals surface area (Å²) in [6.07, 6.45) is 2.37. The van der Waals surface area contributed by atoms with E-state index in [1.165, 1.54) is 32.1 Å². The Bertz CT molecular complexity index is 583. The number of rotatable bonds is 6. The number of ether oxygens (including phenoxy) is 1. The molecule has 1 fully saturated rings. The van der Waals surface area contributed by atoms with E-state index in [2.05, 4.69) is 9.62 Å². The fourth-order valence-electron chi connectivity index (χ4n) is 2.62. The molecule has 1 atom stereocenters. The molecule has 7 heteroatoms. The molecule has 1 aliphatic heterocycles. The number of nitrogen functional groups attached to an aromatic ring is 1. The first-order valence-electron chi connectivity index (χ1n) is 7.10. The fraction of sp³-hybridized carbons (Fsp3) is 0.571. The normalized spacial score (nSPS) is 17.8. The molecule has 0 radical (unpaired) electrons. The van der Waals surface area contributed by atoms with Gasteiger partial charge in [0.15, 0.2) is 0 Å². The molecule has 1 saturated heterocycles. The van der Waals surface area contributed by atoms with Crippen LogP contribution >= 0.6 is 0 Å². The molecular weight excluding hydrogens is 290 g/mol. The SMILES string of the molecule is COc1ccc(S(=O)(=O)NC(C)CN2CCCC2)c(N)c1. The summed E-state index contributed by atoms with van der Waals surface area (Å²) in [7, 11) is -2.10. The Morgan fingerprint density at radius 1 is 1.38 bits per heavy atom. The molecule has 0 aliphatic carbocycles. The van der Waals surface area contributed by atoms with Gasteiger partial charge in [-0.3, -0.25) is 0 Å². The van der Waals surface area contributed by atoms with Crippen molar-refractivity contribution in [3.8, 4) is 5.75 Å². The van der Waals surface area contributed by atoms with E-state index in [9.17, 15) is 8.42 Å². The van der Waals surface area contributed by atoms with Crippen molar-refractivity contribution in [3.63, 3.8) is 0 Å². The summed E-state index contributed by atoms with van der Waals surface area (Å²) in [5.41, 5.74) is 6.00. The van der Waals surface area contributed by atoms with Crippen LogP contribution in [-0.4, -0.2) is 46.1 Å². The molecule has 2 rings (SSSR count). The van der Waals surface area contributed by atoms with Crippen molar-refractivity contribution in [2.24, 2.45) is 0 Å². The second-order valence-corrected chi connectivity index (χ2v) is 7.12. The van der Waals surface area contributed by atoms with Crippen LogP contribution in [0.15, 0.2) is 23.1 Å². The van der Waals surface area contributed by atoms with Gasteiger partial charge in [0.2, 0.25) is 10.0 Å². The van der Waals surface area contributed by atoms with Crippen molar-refractivity contribution in [2.45, 2.75) is 30.7 Å². The minimum Gasteiger partial charge on any atom is -0.497 e. The third-order valence-corrected chi connectivity index (χ3v) is 5.26. The van der Waals surface area contributed by atoms with Gasteiger partial charge in [-0.15, -0.1) is 0 Å². The molecule has 0 amide bonds. The van der Waals surface area contributed by atoms with Gasteiger partial charge in [-0.2, -0.15) is 0 Å². The van der Waals surface area contributed by atoms with E-state index in [0.29, 0.717) is 5.75 Å². The molecule has 1 aromatic carbocycles. The van der Waals surface area contributed by atoms with Gasteiger partial charge in [0.1, 0.15) is 10.6 Å². The lowest BCUT2D eigenvalue weighted by Gasteiger charge is -2.21. The number of nitrogens with zero attached hydrogens (tertiary/aromatic N) is 1. The van der Waals surface area contributed by atoms with Crippen molar-refractivity contribution < 1.29 is 13.2 Å².